The Bertz CT molecular complexity index is 636. The number of Topliss-reactive ketones (excluding diaryl/α,β-unsaturated/α-hetero) is 1. The minimum Gasteiger partial charge on any atom is -0.354 e. The molecule has 1 saturated heterocycles. The van der Waals surface area contributed by atoms with Crippen LogP contribution in [0.1, 0.15) is 24.8 Å². The maximum Gasteiger partial charge on any atom is 0.245 e. The number of amides is 1. The molecule has 126 valence electrons. The van der Waals surface area contributed by atoms with Crippen molar-refractivity contribution in [3.63, 3.8) is 0 Å². The van der Waals surface area contributed by atoms with E-state index in [-0.39, 0.29) is 11.8 Å². The maximum absolute atomic E-state index is 12.5. The van der Waals surface area contributed by atoms with Crippen LogP contribution in [0.25, 0.3) is 0 Å². The van der Waals surface area contributed by atoms with Crippen molar-refractivity contribution in [1.82, 2.24) is 16.2 Å². The fourth-order valence-corrected chi connectivity index (χ4v) is 3.11. The molecule has 3 rings (SSSR count). The molecule has 0 bridgehead atoms. The van der Waals surface area contributed by atoms with Crippen LogP contribution in [0.3, 0.4) is 0 Å². The molecule has 1 heterocycles. The summed E-state index contributed by atoms with van der Waals surface area (Å²) >= 11 is 0. The molecule has 1 aromatic carbocycles. The molecule has 0 radical (unpaired) electrons. The third-order valence-electron chi connectivity index (χ3n) is 4.70. The number of ketones is 1. The van der Waals surface area contributed by atoms with E-state index >= 15 is 0 Å². The van der Waals surface area contributed by atoms with Crippen LogP contribution in [-0.4, -0.2) is 30.3 Å². The van der Waals surface area contributed by atoms with Crippen molar-refractivity contribution in [3.8, 4) is 6.07 Å². The van der Waals surface area contributed by atoms with E-state index in [4.69, 9.17) is 0 Å². The molecular formula is C18H22N4O2. The van der Waals surface area contributed by atoms with Crippen molar-refractivity contribution in [2.75, 3.05) is 6.54 Å². The standard InChI is InChI=1S/C18H22N4O2/c19-11-14(17(23)16-10-15(21-22-16)13-6-7-13)18(24)20-9-8-12-4-2-1-3-5-12/h1-5,13-16,21-22H,6-10H2,(H,20,24). The number of hydrogen-bond donors (Lipinski definition) is 3. The van der Waals surface area contributed by atoms with Crippen molar-refractivity contribution in [2.24, 2.45) is 11.8 Å². The normalized spacial score (nSPS) is 24.1. The van der Waals surface area contributed by atoms with Crippen LogP contribution in [0, 0.1) is 23.2 Å². The van der Waals surface area contributed by atoms with Gasteiger partial charge in [0.25, 0.3) is 0 Å². The molecule has 1 aliphatic carbocycles. The second kappa shape index (κ2) is 7.56. The monoisotopic (exact) mass is 326 g/mol. The molecule has 1 saturated carbocycles. The third-order valence-corrected chi connectivity index (χ3v) is 4.70. The van der Waals surface area contributed by atoms with E-state index in [2.05, 4.69) is 16.2 Å². The lowest BCUT2D eigenvalue weighted by Crippen LogP contribution is -2.45. The number of benzene rings is 1. The molecule has 3 N–H and O–H groups in total. The van der Waals surface area contributed by atoms with Crippen molar-refractivity contribution in [2.45, 2.75) is 37.8 Å². The zero-order valence-corrected chi connectivity index (χ0v) is 13.5. The largest absolute Gasteiger partial charge is 0.354 e. The van der Waals surface area contributed by atoms with Crippen LogP contribution in [-0.2, 0) is 16.0 Å². The number of nitriles is 1. The van der Waals surface area contributed by atoms with E-state index < -0.39 is 17.9 Å². The Labute approximate surface area is 141 Å². The smallest absolute Gasteiger partial charge is 0.245 e. The molecule has 1 amide bonds. The van der Waals surface area contributed by atoms with Crippen molar-refractivity contribution in [1.29, 1.82) is 5.26 Å². The van der Waals surface area contributed by atoms with Gasteiger partial charge in [-0.15, -0.1) is 0 Å². The van der Waals surface area contributed by atoms with E-state index in [0.717, 1.165) is 5.56 Å². The molecule has 24 heavy (non-hydrogen) atoms. The summed E-state index contributed by atoms with van der Waals surface area (Å²) in [5.41, 5.74) is 7.17. The fraction of sp³-hybridized carbons (Fsp3) is 0.500. The van der Waals surface area contributed by atoms with E-state index in [0.29, 0.717) is 25.3 Å². The molecule has 6 heteroatoms. The van der Waals surface area contributed by atoms with Gasteiger partial charge in [0.15, 0.2) is 11.7 Å². The average molecular weight is 326 g/mol. The van der Waals surface area contributed by atoms with Crippen LogP contribution in [0.15, 0.2) is 30.3 Å². The molecule has 2 aliphatic rings. The van der Waals surface area contributed by atoms with E-state index in [1.807, 2.05) is 36.4 Å². The maximum atomic E-state index is 12.5. The predicted molar refractivity (Wildman–Crippen MR) is 88.5 cm³/mol. The average Bonchev–Trinajstić information content (AvgIpc) is 3.33. The first-order chi connectivity index (χ1) is 11.7. The lowest BCUT2D eigenvalue weighted by molar-refractivity contribution is -0.132. The van der Waals surface area contributed by atoms with Crippen LogP contribution in [0.2, 0.25) is 0 Å². The Kier molecular flexibility index (Phi) is 5.24. The Morgan fingerprint density at radius 3 is 2.67 bits per heavy atom. The summed E-state index contributed by atoms with van der Waals surface area (Å²) < 4.78 is 0. The molecule has 0 spiro atoms. The molecule has 3 atom stereocenters. The second-order valence-corrected chi connectivity index (χ2v) is 6.51. The van der Waals surface area contributed by atoms with Gasteiger partial charge in [-0.05, 0) is 37.2 Å². The number of nitrogens with one attached hydrogen (secondary N) is 3. The Morgan fingerprint density at radius 1 is 1.25 bits per heavy atom. The van der Waals surface area contributed by atoms with Gasteiger partial charge in [0.1, 0.15) is 0 Å². The number of hydrogen-bond acceptors (Lipinski definition) is 5. The van der Waals surface area contributed by atoms with Crippen molar-refractivity contribution in [3.05, 3.63) is 35.9 Å². The van der Waals surface area contributed by atoms with Crippen LogP contribution in [0.5, 0.6) is 0 Å². The highest BCUT2D eigenvalue weighted by atomic mass is 16.2. The van der Waals surface area contributed by atoms with E-state index in [1.165, 1.54) is 12.8 Å². The first-order valence-electron chi connectivity index (χ1n) is 8.45. The highest BCUT2D eigenvalue weighted by Gasteiger charge is 2.41. The van der Waals surface area contributed by atoms with Crippen LogP contribution in [0.4, 0.5) is 0 Å². The number of carbonyl (C=O) groups excluding carboxylic acids is 2. The molecule has 1 aliphatic heterocycles. The zero-order chi connectivity index (χ0) is 16.9. The van der Waals surface area contributed by atoms with Gasteiger partial charge in [-0.1, -0.05) is 30.3 Å². The molecule has 6 nitrogen and oxygen atoms in total. The Morgan fingerprint density at radius 2 is 2.00 bits per heavy atom. The summed E-state index contributed by atoms with van der Waals surface area (Å²) in [4.78, 5) is 24.6. The Hall–Kier alpha value is -2.23. The minimum atomic E-state index is -1.25. The van der Waals surface area contributed by atoms with Gasteiger partial charge in [0.2, 0.25) is 5.91 Å². The SMILES string of the molecule is N#CC(C(=O)NCCc1ccccc1)C(=O)C1CC(C2CC2)NN1. The van der Waals surface area contributed by atoms with Gasteiger partial charge in [0.05, 0.1) is 12.1 Å². The molecule has 0 aromatic heterocycles. The van der Waals surface area contributed by atoms with Crippen molar-refractivity contribution >= 4 is 11.7 Å². The summed E-state index contributed by atoms with van der Waals surface area (Å²) in [6, 6.07) is 11.4. The quantitative estimate of drug-likeness (QED) is 0.641. The first kappa shape index (κ1) is 16.6. The molecule has 2 fully saturated rings. The summed E-state index contributed by atoms with van der Waals surface area (Å²) in [5.74, 6) is -1.48. The molecule has 1 aromatic rings. The number of rotatable bonds is 7. The third kappa shape index (κ3) is 3.99. The summed E-state index contributed by atoms with van der Waals surface area (Å²) in [6.45, 7) is 0.412. The van der Waals surface area contributed by atoms with Crippen LogP contribution >= 0.6 is 0 Å². The summed E-state index contributed by atoms with van der Waals surface area (Å²) in [7, 11) is 0. The zero-order valence-electron chi connectivity index (χ0n) is 13.5. The first-order valence-corrected chi connectivity index (χ1v) is 8.45. The molecular weight excluding hydrogens is 304 g/mol. The van der Waals surface area contributed by atoms with Gasteiger partial charge < -0.3 is 5.32 Å². The van der Waals surface area contributed by atoms with Gasteiger partial charge in [-0.25, -0.2) is 5.43 Å². The number of hydrazine groups is 1. The van der Waals surface area contributed by atoms with Gasteiger partial charge in [-0.2, -0.15) is 5.26 Å². The highest BCUT2D eigenvalue weighted by Crippen LogP contribution is 2.35. The summed E-state index contributed by atoms with van der Waals surface area (Å²) in [5, 5.41) is 12.0. The van der Waals surface area contributed by atoms with Gasteiger partial charge in [-0.3, -0.25) is 15.0 Å². The lowest BCUT2D eigenvalue weighted by Gasteiger charge is -2.13. The number of nitrogens with zero attached hydrogens (tertiary/aromatic N) is 1. The second-order valence-electron chi connectivity index (χ2n) is 6.51. The Balaban J connectivity index is 1.48. The summed E-state index contributed by atoms with van der Waals surface area (Å²) in [6.07, 6.45) is 3.69. The number of carbonyl (C=O) groups is 2. The van der Waals surface area contributed by atoms with Gasteiger partial charge in [0, 0.05) is 12.6 Å². The van der Waals surface area contributed by atoms with Crippen molar-refractivity contribution < 1.29 is 9.59 Å². The van der Waals surface area contributed by atoms with Crippen LogP contribution < -0.4 is 16.2 Å². The van der Waals surface area contributed by atoms with E-state index in [9.17, 15) is 14.9 Å². The van der Waals surface area contributed by atoms with Gasteiger partial charge >= 0.3 is 0 Å². The lowest BCUT2D eigenvalue weighted by atomic mass is 9.94. The predicted octanol–water partition coefficient (Wildman–Crippen LogP) is 0.699. The van der Waals surface area contributed by atoms with E-state index in [1.54, 1.807) is 0 Å². The highest BCUT2D eigenvalue weighted by molar-refractivity contribution is 6.06. The minimum absolute atomic E-state index is 0.277. The fourth-order valence-electron chi connectivity index (χ4n) is 3.11. The molecule has 3 unspecified atom stereocenters. The topological polar surface area (TPSA) is 94.0 Å².